The van der Waals surface area contributed by atoms with E-state index in [1.165, 1.54) is 18.2 Å². The molecule has 0 aliphatic carbocycles. The number of esters is 1. The number of halogens is 1. The highest BCUT2D eigenvalue weighted by atomic mass is 79.9. The predicted octanol–water partition coefficient (Wildman–Crippen LogP) is 3.87. The molecule has 0 radical (unpaired) electrons. The van der Waals surface area contributed by atoms with Crippen LogP contribution in [0.4, 0.5) is 5.69 Å². The fourth-order valence-corrected chi connectivity index (χ4v) is 2.83. The molecule has 1 fully saturated rings. The Balaban J connectivity index is 2.22. The third-order valence-electron chi connectivity index (χ3n) is 3.44. The zero-order valence-corrected chi connectivity index (χ0v) is 13.5. The van der Waals surface area contributed by atoms with Crippen molar-refractivity contribution in [2.24, 2.45) is 5.92 Å². The Hall–Kier alpha value is -1.29. The van der Waals surface area contributed by atoms with Gasteiger partial charge in [-0.25, -0.2) is 4.79 Å². The first-order chi connectivity index (χ1) is 9.60. The largest absolute Gasteiger partial charge is 0.463 e. The summed E-state index contributed by atoms with van der Waals surface area (Å²) in [5.41, 5.74) is 2.22. The molecule has 0 bridgehead atoms. The summed E-state index contributed by atoms with van der Waals surface area (Å²) in [4.78, 5) is 13.8. The molecular formula is C16H20BrNO2. The minimum Gasteiger partial charge on any atom is -0.463 e. The van der Waals surface area contributed by atoms with Gasteiger partial charge in [0.05, 0.1) is 6.61 Å². The summed E-state index contributed by atoms with van der Waals surface area (Å²) < 4.78 is 5.94. The SMILES string of the molecule is CCOC(=O)C=Cc1cc(Br)ccc1N1CCC(C)C1. The van der Waals surface area contributed by atoms with Crippen LogP contribution in [0.1, 0.15) is 25.8 Å². The number of nitrogens with zero attached hydrogens (tertiary/aromatic N) is 1. The average molecular weight is 338 g/mol. The quantitative estimate of drug-likeness (QED) is 0.617. The van der Waals surface area contributed by atoms with Crippen LogP contribution in [0, 0.1) is 5.92 Å². The zero-order chi connectivity index (χ0) is 14.5. The summed E-state index contributed by atoms with van der Waals surface area (Å²) in [6.45, 7) is 6.62. The summed E-state index contributed by atoms with van der Waals surface area (Å²) in [5, 5.41) is 0. The molecule has 1 aromatic rings. The molecule has 0 amide bonds. The Morgan fingerprint density at radius 1 is 1.55 bits per heavy atom. The van der Waals surface area contributed by atoms with Crippen molar-refractivity contribution < 1.29 is 9.53 Å². The number of hydrogen-bond acceptors (Lipinski definition) is 3. The first-order valence-electron chi connectivity index (χ1n) is 6.99. The topological polar surface area (TPSA) is 29.5 Å². The summed E-state index contributed by atoms with van der Waals surface area (Å²) in [5.74, 6) is 0.425. The Kier molecular flexibility index (Phi) is 5.24. The normalized spacial score (nSPS) is 18.8. The maximum Gasteiger partial charge on any atom is 0.330 e. The van der Waals surface area contributed by atoms with E-state index in [9.17, 15) is 4.79 Å². The number of anilines is 1. The van der Waals surface area contributed by atoms with Crippen LogP contribution < -0.4 is 4.90 Å². The Morgan fingerprint density at radius 3 is 3.00 bits per heavy atom. The van der Waals surface area contributed by atoms with E-state index < -0.39 is 0 Å². The van der Waals surface area contributed by atoms with Crippen molar-refractivity contribution in [3.63, 3.8) is 0 Å². The molecule has 108 valence electrons. The van der Waals surface area contributed by atoms with Crippen LogP contribution in [0.2, 0.25) is 0 Å². The third kappa shape index (κ3) is 3.85. The number of benzene rings is 1. The van der Waals surface area contributed by atoms with Gasteiger partial charge in [-0.3, -0.25) is 0 Å². The van der Waals surface area contributed by atoms with Gasteiger partial charge in [0.15, 0.2) is 0 Å². The van der Waals surface area contributed by atoms with Gasteiger partial charge in [-0.1, -0.05) is 22.9 Å². The van der Waals surface area contributed by atoms with Crippen molar-refractivity contribution >= 4 is 33.7 Å². The highest BCUT2D eigenvalue weighted by Gasteiger charge is 2.20. The van der Waals surface area contributed by atoms with Crippen LogP contribution >= 0.6 is 15.9 Å². The Morgan fingerprint density at radius 2 is 2.35 bits per heavy atom. The second kappa shape index (κ2) is 6.93. The molecule has 20 heavy (non-hydrogen) atoms. The van der Waals surface area contributed by atoms with E-state index in [4.69, 9.17) is 4.74 Å². The van der Waals surface area contributed by atoms with E-state index in [0.717, 1.165) is 29.0 Å². The summed E-state index contributed by atoms with van der Waals surface area (Å²) in [6, 6.07) is 6.18. The third-order valence-corrected chi connectivity index (χ3v) is 3.93. The van der Waals surface area contributed by atoms with Crippen molar-refractivity contribution in [3.8, 4) is 0 Å². The number of carbonyl (C=O) groups excluding carboxylic acids is 1. The fraction of sp³-hybridized carbons (Fsp3) is 0.438. The van der Waals surface area contributed by atoms with Gasteiger partial charge in [0, 0.05) is 29.3 Å². The molecule has 1 saturated heterocycles. The smallest absolute Gasteiger partial charge is 0.330 e. The maximum atomic E-state index is 11.5. The lowest BCUT2D eigenvalue weighted by atomic mass is 10.1. The van der Waals surface area contributed by atoms with Gasteiger partial charge in [-0.15, -0.1) is 0 Å². The highest BCUT2D eigenvalue weighted by Crippen LogP contribution is 2.30. The summed E-state index contributed by atoms with van der Waals surface area (Å²) in [7, 11) is 0. The van der Waals surface area contributed by atoms with Crippen LogP contribution in [0.25, 0.3) is 6.08 Å². The van der Waals surface area contributed by atoms with E-state index in [1.54, 1.807) is 0 Å². The summed E-state index contributed by atoms with van der Waals surface area (Å²) in [6.07, 6.45) is 4.55. The van der Waals surface area contributed by atoms with Gasteiger partial charge in [0.2, 0.25) is 0 Å². The Bertz CT molecular complexity index is 513. The molecule has 4 heteroatoms. The molecule has 2 rings (SSSR count). The van der Waals surface area contributed by atoms with Gasteiger partial charge in [-0.2, -0.15) is 0 Å². The zero-order valence-electron chi connectivity index (χ0n) is 11.9. The molecule has 3 nitrogen and oxygen atoms in total. The molecule has 0 saturated carbocycles. The number of carbonyl (C=O) groups is 1. The van der Waals surface area contributed by atoms with Gasteiger partial charge in [0.25, 0.3) is 0 Å². The molecule has 1 unspecified atom stereocenters. The lowest BCUT2D eigenvalue weighted by molar-refractivity contribution is -0.137. The highest BCUT2D eigenvalue weighted by molar-refractivity contribution is 9.10. The van der Waals surface area contributed by atoms with E-state index >= 15 is 0 Å². The van der Waals surface area contributed by atoms with Gasteiger partial charge in [-0.05, 0) is 49.1 Å². The second-order valence-electron chi connectivity index (χ2n) is 5.13. The number of hydrogen-bond donors (Lipinski definition) is 0. The average Bonchev–Trinajstić information content (AvgIpc) is 2.83. The van der Waals surface area contributed by atoms with Crippen LogP contribution in [0.5, 0.6) is 0 Å². The molecule has 1 aliphatic heterocycles. The first kappa shape index (κ1) is 15.1. The first-order valence-corrected chi connectivity index (χ1v) is 7.78. The van der Waals surface area contributed by atoms with E-state index in [2.05, 4.69) is 33.8 Å². The van der Waals surface area contributed by atoms with Crippen LogP contribution in [0.15, 0.2) is 28.7 Å². The molecule has 1 aromatic carbocycles. The molecule has 0 N–H and O–H groups in total. The summed E-state index contributed by atoms with van der Waals surface area (Å²) >= 11 is 3.49. The minimum atomic E-state index is -0.298. The van der Waals surface area contributed by atoms with E-state index in [0.29, 0.717) is 6.61 Å². The molecule has 1 atom stereocenters. The molecule has 0 aromatic heterocycles. The molecule has 1 heterocycles. The number of ether oxygens (including phenoxy) is 1. The van der Waals surface area contributed by atoms with Crippen molar-refractivity contribution in [3.05, 3.63) is 34.3 Å². The van der Waals surface area contributed by atoms with Crippen molar-refractivity contribution in [2.45, 2.75) is 20.3 Å². The fourth-order valence-electron chi connectivity index (χ4n) is 2.45. The Labute approximate surface area is 128 Å². The van der Waals surface area contributed by atoms with Crippen molar-refractivity contribution in [1.29, 1.82) is 0 Å². The van der Waals surface area contributed by atoms with Crippen LogP contribution in [-0.2, 0) is 9.53 Å². The van der Waals surface area contributed by atoms with Gasteiger partial charge >= 0.3 is 5.97 Å². The van der Waals surface area contributed by atoms with Gasteiger partial charge < -0.3 is 9.64 Å². The predicted molar refractivity (Wildman–Crippen MR) is 85.8 cm³/mol. The van der Waals surface area contributed by atoms with E-state index in [1.807, 2.05) is 25.1 Å². The van der Waals surface area contributed by atoms with E-state index in [-0.39, 0.29) is 5.97 Å². The van der Waals surface area contributed by atoms with Gasteiger partial charge in [0.1, 0.15) is 0 Å². The standard InChI is InChI=1S/C16H20BrNO2/c1-3-20-16(19)7-4-13-10-14(17)5-6-15(13)18-9-8-12(2)11-18/h4-7,10,12H,3,8-9,11H2,1-2H3. The lowest BCUT2D eigenvalue weighted by Crippen LogP contribution is -2.19. The van der Waals surface area contributed by atoms with Crippen LogP contribution in [-0.4, -0.2) is 25.7 Å². The second-order valence-corrected chi connectivity index (χ2v) is 6.04. The lowest BCUT2D eigenvalue weighted by Gasteiger charge is -2.21. The van der Waals surface area contributed by atoms with Crippen molar-refractivity contribution in [1.82, 2.24) is 0 Å². The molecule has 1 aliphatic rings. The monoisotopic (exact) mass is 337 g/mol. The van der Waals surface area contributed by atoms with Crippen LogP contribution in [0.3, 0.4) is 0 Å². The van der Waals surface area contributed by atoms with Crippen molar-refractivity contribution in [2.75, 3.05) is 24.6 Å². The molecule has 0 spiro atoms. The number of rotatable bonds is 4. The molecular weight excluding hydrogens is 318 g/mol. The maximum absolute atomic E-state index is 11.5. The minimum absolute atomic E-state index is 0.298.